The lowest BCUT2D eigenvalue weighted by molar-refractivity contribution is -0.148. The van der Waals surface area contributed by atoms with Crippen LogP contribution in [0, 0.1) is 0 Å². The van der Waals surface area contributed by atoms with Gasteiger partial charge in [-0.1, -0.05) is 96.6 Å². The van der Waals surface area contributed by atoms with Gasteiger partial charge in [-0.25, -0.2) is 0 Å². The zero-order valence-corrected chi connectivity index (χ0v) is 20.5. The fourth-order valence-electron chi connectivity index (χ4n) is 3.46. The van der Waals surface area contributed by atoms with Gasteiger partial charge < -0.3 is 9.47 Å². The smallest absolute Gasteiger partial charge is 0.157 e. The van der Waals surface area contributed by atoms with Crippen LogP contribution in [0.1, 0.15) is 129 Å². The van der Waals surface area contributed by atoms with Crippen LogP contribution >= 0.6 is 11.6 Å². The molecule has 0 aromatic carbocycles. The van der Waals surface area contributed by atoms with Crippen LogP contribution in [0.25, 0.3) is 0 Å². The van der Waals surface area contributed by atoms with Gasteiger partial charge in [-0.15, -0.1) is 11.6 Å². The van der Waals surface area contributed by atoms with Crippen LogP contribution in [-0.2, 0) is 9.47 Å². The molecule has 0 aliphatic heterocycles. The summed E-state index contributed by atoms with van der Waals surface area (Å²) < 4.78 is 12.2. The van der Waals surface area contributed by atoms with Gasteiger partial charge in [-0.3, -0.25) is 0 Å². The van der Waals surface area contributed by atoms with E-state index in [2.05, 4.69) is 26.0 Å². The summed E-state index contributed by atoms with van der Waals surface area (Å²) >= 11 is 5.67. The van der Waals surface area contributed by atoms with E-state index in [1.807, 2.05) is 0 Å². The number of rotatable bonds is 24. The minimum atomic E-state index is 0.0193. The lowest BCUT2D eigenvalue weighted by Gasteiger charge is -2.19. The fraction of sp³-hybridized carbons (Fsp3) is 0.923. The third-order valence-electron chi connectivity index (χ3n) is 5.36. The summed E-state index contributed by atoms with van der Waals surface area (Å²) in [6.07, 6.45) is 27.1. The van der Waals surface area contributed by atoms with Crippen LogP contribution < -0.4 is 0 Å². The van der Waals surface area contributed by atoms with Gasteiger partial charge in [0, 0.05) is 19.1 Å². The quantitative estimate of drug-likeness (QED) is 0.0657. The summed E-state index contributed by atoms with van der Waals surface area (Å²) in [6.45, 7) is 6.25. The first-order chi connectivity index (χ1) is 14.3. The Morgan fingerprint density at radius 3 is 1.66 bits per heavy atom. The zero-order valence-electron chi connectivity index (χ0n) is 19.8. The maximum Gasteiger partial charge on any atom is 0.157 e. The van der Waals surface area contributed by atoms with Crippen molar-refractivity contribution >= 4 is 11.6 Å². The minimum Gasteiger partial charge on any atom is -0.353 e. The van der Waals surface area contributed by atoms with E-state index in [9.17, 15) is 0 Å². The fourth-order valence-corrected chi connectivity index (χ4v) is 3.58. The van der Waals surface area contributed by atoms with Crippen molar-refractivity contribution < 1.29 is 9.47 Å². The van der Waals surface area contributed by atoms with E-state index in [0.29, 0.717) is 0 Å². The summed E-state index contributed by atoms with van der Waals surface area (Å²) in [5.74, 6) is 0.735. The predicted molar refractivity (Wildman–Crippen MR) is 130 cm³/mol. The molecule has 0 rings (SSSR count). The second-order valence-electron chi connectivity index (χ2n) is 8.29. The number of alkyl halides is 1. The van der Waals surface area contributed by atoms with E-state index in [4.69, 9.17) is 21.1 Å². The van der Waals surface area contributed by atoms with E-state index >= 15 is 0 Å². The molecule has 29 heavy (non-hydrogen) atoms. The Morgan fingerprint density at radius 1 is 0.586 bits per heavy atom. The van der Waals surface area contributed by atoms with E-state index in [1.165, 1.54) is 103 Å². The highest BCUT2D eigenvalue weighted by atomic mass is 35.5. The van der Waals surface area contributed by atoms with Gasteiger partial charge in [0.2, 0.25) is 0 Å². The highest BCUT2D eigenvalue weighted by Gasteiger charge is 2.09. The molecule has 2 nitrogen and oxygen atoms in total. The van der Waals surface area contributed by atoms with E-state index < -0.39 is 0 Å². The van der Waals surface area contributed by atoms with Crippen LogP contribution in [-0.4, -0.2) is 25.4 Å². The molecule has 0 heterocycles. The first-order valence-corrected chi connectivity index (χ1v) is 13.3. The van der Waals surface area contributed by atoms with Crippen molar-refractivity contribution in [1.82, 2.24) is 0 Å². The number of hydrogen-bond acceptors (Lipinski definition) is 2. The Hall–Kier alpha value is -0.0500. The SMILES string of the molecule is CCCCCCCOC(CCCCCCC/C=C\CCCl)OCCCCCCC. The van der Waals surface area contributed by atoms with Crippen LogP contribution in [0.4, 0.5) is 0 Å². The first-order valence-electron chi connectivity index (χ1n) is 12.8. The van der Waals surface area contributed by atoms with Gasteiger partial charge in [0.15, 0.2) is 6.29 Å². The number of allylic oxidation sites excluding steroid dienone is 2. The van der Waals surface area contributed by atoms with Gasteiger partial charge in [-0.2, -0.15) is 0 Å². The molecule has 0 bridgehead atoms. The highest BCUT2D eigenvalue weighted by Crippen LogP contribution is 2.14. The van der Waals surface area contributed by atoms with E-state index in [0.717, 1.165) is 31.9 Å². The van der Waals surface area contributed by atoms with Gasteiger partial charge >= 0.3 is 0 Å². The first kappa shape index (κ1) is 28.9. The average Bonchev–Trinajstić information content (AvgIpc) is 2.73. The van der Waals surface area contributed by atoms with Gasteiger partial charge in [0.1, 0.15) is 0 Å². The van der Waals surface area contributed by atoms with Crippen molar-refractivity contribution in [1.29, 1.82) is 0 Å². The normalized spacial score (nSPS) is 11.9. The Morgan fingerprint density at radius 2 is 1.07 bits per heavy atom. The lowest BCUT2D eigenvalue weighted by Crippen LogP contribution is -2.19. The third kappa shape index (κ3) is 24.1. The van der Waals surface area contributed by atoms with Gasteiger partial charge in [-0.05, 0) is 44.9 Å². The van der Waals surface area contributed by atoms with E-state index in [-0.39, 0.29) is 6.29 Å². The largest absolute Gasteiger partial charge is 0.353 e. The van der Waals surface area contributed by atoms with Crippen LogP contribution in [0.5, 0.6) is 0 Å². The Labute approximate surface area is 188 Å². The number of unbranched alkanes of at least 4 members (excludes halogenated alkanes) is 13. The maximum atomic E-state index is 6.09. The summed E-state index contributed by atoms with van der Waals surface area (Å²) in [7, 11) is 0. The topological polar surface area (TPSA) is 18.5 Å². The van der Waals surface area contributed by atoms with Crippen molar-refractivity contribution in [3.8, 4) is 0 Å². The molecule has 0 atom stereocenters. The molecule has 0 aliphatic carbocycles. The second kappa shape index (κ2) is 26.0. The Balaban J connectivity index is 3.79. The zero-order chi connectivity index (χ0) is 21.3. The lowest BCUT2D eigenvalue weighted by atomic mass is 10.1. The van der Waals surface area contributed by atoms with Crippen molar-refractivity contribution in [2.75, 3.05) is 19.1 Å². The second-order valence-corrected chi connectivity index (χ2v) is 8.67. The molecule has 0 unspecified atom stereocenters. The molecule has 0 aromatic heterocycles. The van der Waals surface area contributed by atoms with Crippen LogP contribution in [0.3, 0.4) is 0 Å². The van der Waals surface area contributed by atoms with Gasteiger partial charge in [0.05, 0.1) is 0 Å². The summed E-state index contributed by atoms with van der Waals surface area (Å²) in [6, 6.07) is 0. The summed E-state index contributed by atoms with van der Waals surface area (Å²) in [5.41, 5.74) is 0. The molecule has 0 aromatic rings. The van der Waals surface area contributed by atoms with Crippen molar-refractivity contribution in [2.45, 2.75) is 136 Å². The molecule has 0 amide bonds. The molecule has 0 radical (unpaired) electrons. The maximum absolute atomic E-state index is 6.09. The van der Waals surface area contributed by atoms with Crippen molar-refractivity contribution in [3.63, 3.8) is 0 Å². The number of hydrogen-bond donors (Lipinski definition) is 0. The monoisotopic (exact) mass is 430 g/mol. The Bertz CT molecular complexity index is 304. The molecule has 0 N–H and O–H groups in total. The Kier molecular flexibility index (Phi) is 25.9. The minimum absolute atomic E-state index is 0.0193. The van der Waals surface area contributed by atoms with Crippen molar-refractivity contribution in [2.24, 2.45) is 0 Å². The summed E-state index contributed by atoms with van der Waals surface area (Å²) in [5, 5.41) is 0. The number of ether oxygens (including phenoxy) is 2. The molecule has 0 spiro atoms. The molecule has 3 heteroatoms. The average molecular weight is 431 g/mol. The van der Waals surface area contributed by atoms with Crippen LogP contribution in [0.15, 0.2) is 12.2 Å². The molecule has 0 aliphatic rings. The van der Waals surface area contributed by atoms with Crippen LogP contribution in [0.2, 0.25) is 0 Å². The summed E-state index contributed by atoms with van der Waals surface area (Å²) in [4.78, 5) is 0. The number of halogens is 1. The molecule has 0 fully saturated rings. The van der Waals surface area contributed by atoms with E-state index in [1.54, 1.807) is 0 Å². The molecule has 0 saturated carbocycles. The van der Waals surface area contributed by atoms with Gasteiger partial charge in [0.25, 0.3) is 0 Å². The highest BCUT2D eigenvalue weighted by molar-refractivity contribution is 6.17. The third-order valence-corrected chi connectivity index (χ3v) is 5.57. The standard InChI is InChI=1S/C26H51ClO2/c1-3-5-7-16-20-24-28-26(29-25-21-17-8-6-4-2)22-18-14-12-10-9-11-13-15-19-23-27/h13,15,26H,3-12,14,16-25H2,1-2H3/b15-13-. The molecular weight excluding hydrogens is 380 g/mol. The molecule has 0 saturated heterocycles. The molecule has 174 valence electrons. The molecular formula is C26H51ClO2. The van der Waals surface area contributed by atoms with Crippen molar-refractivity contribution in [3.05, 3.63) is 12.2 Å². The predicted octanol–water partition coefficient (Wildman–Crippen LogP) is 9.20.